The number of aromatic nitrogens is 2. The van der Waals surface area contributed by atoms with Gasteiger partial charge in [-0.2, -0.15) is 4.98 Å². The smallest absolute Gasteiger partial charge is 0.258 e. The summed E-state index contributed by atoms with van der Waals surface area (Å²) in [7, 11) is 0. The Morgan fingerprint density at radius 1 is 1.24 bits per heavy atom. The molecular formula is C16H21N3O2. The highest BCUT2D eigenvalue weighted by atomic mass is 16.5. The number of nitrogens with zero attached hydrogens (tertiary/aromatic N) is 2. The molecule has 0 bridgehead atoms. The molecule has 0 unspecified atom stereocenters. The van der Waals surface area contributed by atoms with Gasteiger partial charge in [-0.3, -0.25) is 0 Å². The highest BCUT2D eigenvalue weighted by molar-refractivity contribution is 5.31. The molecule has 0 radical (unpaired) electrons. The van der Waals surface area contributed by atoms with Crippen LogP contribution in [0.2, 0.25) is 0 Å². The Kier molecular flexibility index (Phi) is 3.78. The molecule has 0 spiro atoms. The molecule has 1 saturated heterocycles. The van der Waals surface area contributed by atoms with Crippen LogP contribution in [0.4, 0.5) is 0 Å². The zero-order chi connectivity index (χ0) is 14.9. The summed E-state index contributed by atoms with van der Waals surface area (Å²) in [4.78, 5) is 4.40. The Balaban J connectivity index is 1.77. The minimum atomic E-state index is -0.973. The molecule has 0 aliphatic carbocycles. The Hall–Kier alpha value is -1.72. The second-order valence-corrected chi connectivity index (χ2v) is 5.89. The molecular weight excluding hydrogens is 266 g/mol. The first-order valence-electron chi connectivity index (χ1n) is 7.39. The van der Waals surface area contributed by atoms with Gasteiger partial charge in [0.1, 0.15) is 5.60 Å². The summed E-state index contributed by atoms with van der Waals surface area (Å²) in [5, 5.41) is 17.8. The van der Waals surface area contributed by atoms with Gasteiger partial charge >= 0.3 is 0 Å². The first-order valence-corrected chi connectivity index (χ1v) is 7.39. The summed E-state index contributed by atoms with van der Waals surface area (Å²) >= 11 is 0. The van der Waals surface area contributed by atoms with Crippen molar-refractivity contribution >= 4 is 0 Å². The number of aryl methyl sites for hydroxylation is 2. The lowest BCUT2D eigenvalue weighted by atomic mass is 9.92. The molecule has 5 heteroatoms. The lowest BCUT2D eigenvalue weighted by Gasteiger charge is -2.28. The van der Waals surface area contributed by atoms with Crippen molar-refractivity contribution in [1.29, 1.82) is 0 Å². The Morgan fingerprint density at radius 2 is 2.00 bits per heavy atom. The van der Waals surface area contributed by atoms with Gasteiger partial charge in [-0.05, 0) is 56.5 Å². The number of rotatable bonds is 3. The van der Waals surface area contributed by atoms with Crippen molar-refractivity contribution in [2.45, 2.75) is 38.7 Å². The second kappa shape index (κ2) is 5.58. The maximum Gasteiger partial charge on any atom is 0.258 e. The predicted octanol–water partition coefficient (Wildman–Crippen LogP) is 1.85. The van der Waals surface area contributed by atoms with Crippen molar-refractivity contribution in [3.63, 3.8) is 0 Å². The van der Waals surface area contributed by atoms with Gasteiger partial charge in [-0.15, -0.1) is 0 Å². The van der Waals surface area contributed by atoms with E-state index in [0.717, 1.165) is 18.7 Å². The topological polar surface area (TPSA) is 71.2 Å². The van der Waals surface area contributed by atoms with Gasteiger partial charge in [-0.25, -0.2) is 0 Å². The van der Waals surface area contributed by atoms with Gasteiger partial charge < -0.3 is 14.9 Å². The molecule has 1 aromatic heterocycles. The van der Waals surface area contributed by atoms with Gasteiger partial charge in [0.25, 0.3) is 5.89 Å². The Bertz CT molecular complexity index is 630. The normalized spacial score (nSPS) is 17.9. The summed E-state index contributed by atoms with van der Waals surface area (Å²) < 4.78 is 5.29. The van der Waals surface area contributed by atoms with Crippen molar-refractivity contribution in [2.75, 3.05) is 13.1 Å². The average molecular weight is 287 g/mol. The summed E-state index contributed by atoms with van der Waals surface area (Å²) in [5.74, 6) is 0.975. The van der Waals surface area contributed by atoms with Crippen LogP contribution in [0.15, 0.2) is 22.7 Å². The van der Waals surface area contributed by atoms with E-state index in [-0.39, 0.29) is 0 Å². The van der Waals surface area contributed by atoms with Crippen molar-refractivity contribution in [3.05, 3.63) is 46.6 Å². The van der Waals surface area contributed by atoms with Crippen molar-refractivity contribution in [2.24, 2.45) is 0 Å². The molecule has 1 aromatic carbocycles. The molecule has 0 amide bonds. The first kappa shape index (κ1) is 14.2. The van der Waals surface area contributed by atoms with Gasteiger partial charge in [-0.1, -0.05) is 23.4 Å². The average Bonchev–Trinajstić information content (AvgIpc) is 2.93. The van der Waals surface area contributed by atoms with Crippen LogP contribution in [0.5, 0.6) is 0 Å². The molecule has 21 heavy (non-hydrogen) atoms. The zero-order valence-electron chi connectivity index (χ0n) is 12.5. The molecule has 0 atom stereocenters. The number of benzene rings is 1. The highest BCUT2D eigenvalue weighted by Gasteiger charge is 2.36. The fourth-order valence-electron chi connectivity index (χ4n) is 2.67. The fourth-order valence-corrected chi connectivity index (χ4v) is 2.67. The van der Waals surface area contributed by atoms with E-state index >= 15 is 0 Å². The highest BCUT2D eigenvalue weighted by Crippen LogP contribution is 2.29. The SMILES string of the molecule is Cc1ccc(Cc2noc(C3(O)CCNCC3)n2)cc1C. The van der Waals surface area contributed by atoms with E-state index in [0.29, 0.717) is 31.0 Å². The van der Waals surface area contributed by atoms with Crippen LogP contribution in [-0.2, 0) is 12.0 Å². The predicted molar refractivity (Wildman–Crippen MR) is 79.0 cm³/mol. The first-order chi connectivity index (χ1) is 10.1. The van der Waals surface area contributed by atoms with Crippen molar-refractivity contribution in [1.82, 2.24) is 15.5 Å². The van der Waals surface area contributed by atoms with E-state index in [1.54, 1.807) is 0 Å². The van der Waals surface area contributed by atoms with Crippen LogP contribution in [-0.4, -0.2) is 28.3 Å². The van der Waals surface area contributed by atoms with Gasteiger partial charge in [0.2, 0.25) is 0 Å². The van der Waals surface area contributed by atoms with E-state index in [1.807, 2.05) is 0 Å². The standard InChI is InChI=1S/C16H21N3O2/c1-11-3-4-13(9-12(11)2)10-14-18-15(21-19-14)16(20)5-7-17-8-6-16/h3-4,9,17,20H,5-8,10H2,1-2H3. The summed E-state index contributed by atoms with van der Waals surface area (Å²) in [5.41, 5.74) is 2.71. The third-order valence-electron chi connectivity index (χ3n) is 4.23. The Morgan fingerprint density at radius 3 is 2.71 bits per heavy atom. The van der Waals surface area contributed by atoms with Gasteiger partial charge in [0.05, 0.1) is 0 Å². The molecule has 0 saturated carbocycles. The van der Waals surface area contributed by atoms with Crippen LogP contribution in [0.25, 0.3) is 0 Å². The minimum absolute atomic E-state index is 0.350. The molecule has 1 aliphatic rings. The van der Waals surface area contributed by atoms with E-state index in [1.165, 1.54) is 11.1 Å². The van der Waals surface area contributed by atoms with Crippen LogP contribution in [0, 0.1) is 13.8 Å². The fraction of sp³-hybridized carbons (Fsp3) is 0.500. The Labute approximate surface area is 124 Å². The van der Waals surface area contributed by atoms with E-state index in [4.69, 9.17) is 4.52 Å². The van der Waals surface area contributed by atoms with Crippen LogP contribution >= 0.6 is 0 Å². The lowest BCUT2D eigenvalue weighted by molar-refractivity contribution is -0.0228. The number of hydrogen-bond donors (Lipinski definition) is 2. The molecule has 112 valence electrons. The summed E-state index contributed by atoms with van der Waals surface area (Å²) in [6.07, 6.45) is 1.84. The molecule has 2 N–H and O–H groups in total. The summed E-state index contributed by atoms with van der Waals surface area (Å²) in [6.45, 7) is 5.73. The van der Waals surface area contributed by atoms with Crippen molar-refractivity contribution in [3.8, 4) is 0 Å². The largest absolute Gasteiger partial charge is 0.380 e. The second-order valence-electron chi connectivity index (χ2n) is 5.89. The maximum atomic E-state index is 10.6. The lowest BCUT2D eigenvalue weighted by Crippen LogP contribution is -2.39. The number of piperidine rings is 1. The summed E-state index contributed by atoms with van der Waals surface area (Å²) in [6, 6.07) is 6.33. The molecule has 5 nitrogen and oxygen atoms in total. The van der Waals surface area contributed by atoms with Crippen LogP contribution < -0.4 is 5.32 Å². The third kappa shape index (κ3) is 2.99. The van der Waals surface area contributed by atoms with Gasteiger partial charge in [0.15, 0.2) is 5.82 Å². The van der Waals surface area contributed by atoms with Crippen LogP contribution in [0.1, 0.15) is 41.2 Å². The van der Waals surface area contributed by atoms with E-state index in [2.05, 4.69) is 47.5 Å². The number of nitrogens with one attached hydrogen (secondary N) is 1. The molecule has 3 rings (SSSR count). The molecule has 2 aromatic rings. The molecule has 2 heterocycles. The van der Waals surface area contributed by atoms with Crippen LogP contribution in [0.3, 0.4) is 0 Å². The van der Waals surface area contributed by atoms with Crippen molar-refractivity contribution < 1.29 is 9.63 Å². The third-order valence-corrected chi connectivity index (χ3v) is 4.23. The quantitative estimate of drug-likeness (QED) is 0.901. The maximum absolute atomic E-state index is 10.6. The van der Waals surface area contributed by atoms with E-state index in [9.17, 15) is 5.11 Å². The van der Waals surface area contributed by atoms with E-state index < -0.39 is 5.60 Å². The minimum Gasteiger partial charge on any atom is -0.380 e. The molecule has 1 fully saturated rings. The number of aliphatic hydroxyl groups is 1. The zero-order valence-corrected chi connectivity index (χ0v) is 12.5. The molecule has 1 aliphatic heterocycles. The van der Waals surface area contributed by atoms with Gasteiger partial charge in [0, 0.05) is 6.42 Å². The number of hydrogen-bond acceptors (Lipinski definition) is 5. The monoisotopic (exact) mass is 287 g/mol.